The molecule has 5 heteroatoms. The summed E-state index contributed by atoms with van der Waals surface area (Å²) < 4.78 is 8.11. The van der Waals surface area contributed by atoms with E-state index in [1.54, 1.807) is 0 Å². The number of fused-ring (bicyclic) bond motifs is 1. The molecule has 0 fully saturated rings. The molecular weight excluding hydrogens is 324 g/mol. The molecule has 1 unspecified atom stereocenters. The van der Waals surface area contributed by atoms with E-state index >= 15 is 0 Å². The van der Waals surface area contributed by atoms with Crippen molar-refractivity contribution in [2.45, 2.75) is 30.5 Å². The molecule has 1 aromatic carbocycles. The van der Waals surface area contributed by atoms with Gasteiger partial charge in [-0.3, -0.25) is 0 Å². The summed E-state index contributed by atoms with van der Waals surface area (Å²) in [7, 11) is -0.445. The molecule has 1 N–H and O–H groups in total. The fraction of sp³-hybridized carbons (Fsp3) is 0.389. The number of rotatable bonds is 9. The first-order chi connectivity index (χ1) is 11.4. The fourth-order valence-corrected chi connectivity index (χ4v) is 5.76. The van der Waals surface area contributed by atoms with E-state index in [2.05, 4.69) is 54.1 Å². The maximum Gasteiger partial charge on any atom is 0.140 e. The highest BCUT2D eigenvalue weighted by atomic mass is 32.2. The molecular formula is C18H24N2OS2. The van der Waals surface area contributed by atoms with Gasteiger partial charge in [0.15, 0.2) is 0 Å². The first-order valence-corrected chi connectivity index (χ1v) is 10.5. The molecule has 1 aliphatic heterocycles. The highest BCUT2D eigenvalue weighted by molar-refractivity contribution is 8.24. The molecule has 1 atom stereocenters. The third-order valence-electron chi connectivity index (χ3n) is 3.65. The van der Waals surface area contributed by atoms with E-state index in [1.807, 2.05) is 11.3 Å². The molecule has 0 amide bonds. The third-order valence-corrected chi connectivity index (χ3v) is 7.16. The lowest BCUT2D eigenvalue weighted by molar-refractivity contribution is 0.129. The van der Waals surface area contributed by atoms with Crippen LogP contribution in [-0.4, -0.2) is 24.7 Å². The molecule has 0 aliphatic carbocycles. The van der Waals surface area contributed by atoms with E-state index in [0.717, 1.165) is 38.1 Å². The second-order valence-corrected chi connectivity index (χ2v) is 8.75. The summed E-state index contributed by atoms with van der Waals surface area (Å²) in [4.78, 5) is 4.81. The monoisotopic (exact) mass is 348 g/mol. The van der Waals surface area contributed by atoms with Crippen LogP contribution in [0.4, 0.5) is 0 Å². The number of para-hydroxylation sites is 1. The van der Waals surface area contributed by atoms with Crippen LogP contribution in [0.15, 0.2) is 51.2 Å². The SMILES string of the molecule is CCCCOCCCNC1=CC=C[SH]1c1nc2ccccc2s1. The van der Waals surface area contributed by atoms with Crippen molar-refractivity contribution in [3.8, 4) is 0 Å². The minimum Gasteiger partial charge on any atom is -0.381 e. The summed E-state index contributed by atoms with van der Waals surface area (Å²) in [6.45, 7) is 4.88. The molecule has 0 saturated carbocycles. The van der Waals surface area contributed by atoms with Crippen LogP contribution < -0.4 is 5.32 Å². The molecule has 0 spiro atoms. The van der Waals surface area contributed by atoms with Crippen LogP contribution >= 0.6 is 22.2 Å². The third kappa shape index (κ3) is 4.37. The van der Waals surface area contributed by atoms with Gasteiger partial charge in [-0.05, 0) is 36.5 Å². The van der Waals surface area contributed by atoms with Gasteiger partial charge in [-0.2, -0.15) is 0 Å². The average molecular weight is 349 g/mol. The lowest BCUT2D eigenvalue weighted by Gasteiger charge is -2.17. The number of ether oxygens (including phenoxy) is 1. The predicted molar refractivity (Wildman–Crippen MR) is 102 cm³/mol. The van der Waals surface area contributed by atoms with Gasteiger partial charge in [-0.1, -0.05) is 31.6 Å². The molecule has 23 heavy (non-hydrogen) atoms. The van der Waals surface area contributed by atoms with Crippen molar-refractivity contribution in [1.29, 1.82) is 0 Å². The second kappa shape index (κ2) is 8.52. The summed E-state index contributed by atoms with van der Waals surface area (Å²) in [5.74, 6) is 0. The lowest BCUT2D eigenvalue weighted by Crippen LogP contribution is -2.15. The summed E-state index contributed by atoms with van der Waals surface area (Å²) in [6, 6.07) is 8.37. The fourth-order valence-electron chi connectivity index (χ4n) is 2.39. The van der Waals surface area contributed by atoms with Crippen LogP contribution in [0.25, 0.3) is 10.2 Å². The molecule has 3 rings (SSSR count). The maximum atomic E-state index is 5.61. The van der Waals surface area contributed by atoms with Crippen molar-refractivity contribution in [3.05, 3.63) is 46.9 Å². The molecule has 0 bridgehead atoms. The Balaban J connectivity index is 1.50. The van der Waals surface area contributed by atoms with Gasteiger partial charge in [0, 0.05) is 19.8 Å². The first kappa shape index (κ1) is 16.6. The second-order valence-electron chi connectivity index (χ2n) is 5.47. The van der Waals surface area contributed by atoms with E-state index < -0.39 is 10.9 Å². The number of unbranched alkanes of at least 4 members (excludes halogenated alkanes) is 1. The summed E-state index contributed by atoms with van der Waals surface area (Å²) in [6.07, 6.45) is 7.74. The average Bonchev–Trinajstić information content (AvgIpc) is 3.20. The van der Waals surface area contributed by atoms with Gasteiger partial charge >= 0.3 is 0 Å². The number of thiol groups is 1. The molecule has 3 nitrogen and oxygen atoms in total. The smallest absolute Gasteiger partial charge is 0.140 e. The number of nitrogens with zero attached hydrogens (tertiary/aromatic N) is 1. The number of thiazole rings is 1. The largest absolute Gasteiger partial charge is 0.381 e. The van der Waals surface area contributed by atoms with Crippen molar-refractivity contribution < 1.29 is 4.74 Å². The van der Waals surface area contributed by atoms with Crippen molar-refractivity contribution in [3.63, 3.8) is 0 Å². The number of nitrogens with one attached hydrogen (secondary N) is 1. The van der Waals surface area contributed by atoms with Crippen LogP contribution in [0.1, 0.15) is 26.2 Å². The standard InChI is InChI=1S/C18H24N2OS2/c1-2-3-12-21-13-7-11-19-17-10-6-14-23(17)18-20-15-8-4-5-9-16(15)22-18/h4-6,8-10,14,19,23H,2-3,7,11-13H2,1H3. The molecule has 0 saturated heterocycles. The van der Waals surface area contributed by atoms with Gasteiger partial charge in [-0.15, -0.1) is 22.2 Å². The van der Waals surface area contributed by atoms with Crippen molar-refractivity contribution in [2.24, 2.45) is 0 Å². The van der Waals surface area contributed by atoms with Crippen molar-refractivity contribution in [2.75, 3.05) is 19.8 Å². The highest BCUT2D eigenvalue weighted by Gasteiger charge is 2.16. The Kier molecular flexibility index (Phi) is 6.13. The molecule has 2 aromatic rings. The van der Waals surface area contributed by atoms with Crippen LogP contribution in [0, 0.1) is 0 Å². The van der Waals surface area contributed by atoms with Gasteiger partial charge in [-0.25, -0.2) is 4.98 Å². The first-order valence-electron chi connectivity index (χ1n) is 8.23. The summed E-state index contributed by atoms with van der Waals surface area (Å²) >= 11 is 1.81. The molecule has 1 aliphatic rings. The van der Waals surface area contributed by atoms with Gasteiger partial charge in [0.2, 0.25) is 0 Å². The van der Waals surface area contributed by atoms with Crippen molar-refractivity contribution in [1.82, 2.24) is 10.3 Å². The number of hydrogen-bond donors (Lipinski definition) is 2. The molecule has 1 aromatic heterocycles. The van der Waals surface area contributed by atoms with E-state index in [1.165, 1.54) is 20.5 Å². The zero-order chi connectivity index (χ0) is 15.9. The lowest BCUT2D eigenvalue weighted by atomic mass is 10.3. The van der Waals surface area contributed by atoms with Crippen LogP contribution in [0.3, 0.4) is 0 Å². The van der Waals surface area contributed by atoms with E-state index in [-0.39, 0.29) is 0 Å². The Morgan fingerprint density at radius 1 is 1.22 bits per heavy atom. The molecule has 2 heterocycles. The zero-order valence-corrected chi connectivity index (χ0v) is 15.2. The Morgan fingerprint density at radius 3 is 2.96 bits per heavy atom. The number of hydrogen-bond acceptors (Lipinski definition) is 4. The Hall–Kier alpha value is -1.30. The maximum absolute atomic E-state index is 5.61. The number of aromatic nitrogens is 1. The normalized spacial score (nSPS) is 18.5. The van der Waals surface area contributed by atoms with E-state index in [9.17, 15) is 0 Å². The van der Waals surface area contributed by atoms with Crippen molar-refractivity contribution >= 4 is 32.4 Å². The zero-order valence-electron chi connectivity index (χ0n) is 13.5. The van der Waals surface area contributed by atoms with Gasteiger partial charge in [0.05, 0.1) is 15.2 Å². The molecule has 124 valence electrons. The number of allylic oxidation sites excluding steroid dienone is 2. The summed E-state index contributed by atoms with van der Waals surface area (Å²) in [5.41, 5.74) is 1.11. The minimum absolute atomic E-state index is 0.445. The Labute approximate surface area is 144 Å². The predicted octanol–water partition coefficient (Wildman–Crippen LogP) is 4.82. The minimum atomic E-state index is -0.445. The van der Waals surface area contributed by atoms with E-state index in [0.29, 0.717) is 0 Å². The Morgan fingerprint density at radius 2 is 2.09 bits per heavy atom. The Bertz CT molecular complexity index is 660. The quantitative estimate of drug-likeness (QED) is 0.503. The van der Waals surface area contributed by atoms with Crippen LogP contribution in [-0.2, 0) is 4.74 Å². The van der Waals surface area contributed by atoms with Gasteiger partial charge < -0.3 is 10.1 Å². The molecule has 0 radical (unpaired) electrons. The summed E-state index contributed by atoms with van der Waals surface area (Å²) in [5, 5.41) is 7.18. The van der Waals surface area contributed by atoms with Crippen LogP contribution in [0.5, 0.6) is 0 Å². The van der Waals surface area contributed by atoms with Gasteiger partial charge in [0.25, 0.3) is 0 Å². The highest BCUT2D eigenvalue weighted by Crippen LogP contribution is 2.49. The van der Waals surface area contributed by atoms with E-state index in [4.69, 9.17) is 9.72 Å². The van der Waals surface area contributed by atoms with Gasteiger partial charge in [0.1, 0.15) is 4.34 Å². The number of benzene rings is 1. The van der Waals surface area contributed by atoms with Crippen LogP contribution in [0.2, 0.25) is 0 Å². The topological polar surface area (TPSA) is 34.1 Å².